The molecule has 0 aliphatic heterocycles. The van der Waals surface area contributed by atoms with Crippen molar-refractivity contribution < 1.29 is 0 Å². The third-order valence-electron chi connectivity index (χ3n) is 10.1. The van der Waals surface area contributed by atoms with Gasteiger partial charge in [0.2, 0.25) is 0 Å². The summed E-state index contributed by atoms with van der Waals surface area (Å²) >= 11 is 0. The molecule has 5 rings (SSSR count). The quantitative estimate of drug-likeness (QED) is 0.472. The Labute approximate surface area is 157 Å². The van der Waals surface area contributed by atoms with Crippen LogP contribution < -0.4 is 0 Å². The summed E-state index contributed by atoms with van der Waals surface area (Å²) < 4.78 is 0. The van der Waals surface area contributed by atoms with E-state index in [-0.39, 0.29) is 0 Å². The van der Waals surface area contributed by atoms with Gasteiger partial charge < -0.3 is 0 Å². The lowest BCUT2D eigenvalue weighted by atomic mass is 9.45. The summed E-state index contributed by atoms with van der Waals surface area (Å²) in [5.74, 6) is 4.36. The van der Waals surface area contributed by atoms with Gasteiger partial charge in [-0.1, -0.05) is 58.8 Å². The van der Waals surface area contributed by atoms with Crippen LogP contribution in [-0.2, 0) is 0 Å². The van der Waals surface area contributed by atoms with Crippen molar-refractivity contribution in [2.24, 2.45) is 34.5 Å². The standard InChI is InChI=1S/C25H44/c1-3-5-21-8-12-23(13-9-21)25-17-14-24(15-18-25,16-19-25)22-10-6-20(4-2)7-11-22/h20-23H,3-19H2,1-2H3/t20-,21?,22-,23?,24?,25?. The van der Waals surface area contributed by atoms with Gasteiger partial charge in [-0.3, -0.25) is 0 Å². The van der Waals surface area contributed by atoms with E-state index < -0.39 is 0 Å². The fourth-order valence-electron chi connectivity index (χ4n) is 8.12. The molecule has 0 aromatic rings. The number of hydrogen-bond donors (Lipinski definition) is 0. The van der Waals surface area contributed by atoms with E-state index in [0.29, 0.717) is 0 Å². The van der Waals surface area contributed by atoms with Crippen molar-refractivity contribution in [3.05, 3.63) is 0 Å². The first-order valence-corrected chi connectivity index (χ1v) is 12.2. The van der Waals surface area contributed by atoms with Crippen LogP contribution >= 0.6 is 0 Å². The van der Waals surface area contributed by atoms with Gasteiger partial charge in [-0.15, -0.1) is 0 Å². The van der Waals surface area contributed by atoms with E-state index in [4.69, 9.17) is 0 Å². The summed E-state index contributed by atoms with van der Waals surface area (Å²) in [5.41, 5.74) is 1.61. The minimum absolute atomic E-state index is 0.805. The SMILES string of the molecule is CCCC1CCC(C23CCC([C@H]4CC[C@H](CC)CC4)(CC2)CC3)CC1. The van der Waals surface area contributed by atoms with Gasteiger partial charge in [0.1, 0.15) is 0 Å². The molecule has 5 aliphatic rings. The van der Waals surface area contributed by atoms with Gasteiger partial charge >= 0.3 is 0 Å². The van der Waals surface area contributed by atoms with Gasteiger partial charge in [-0.2, -0.15) is 0 Å². The molecular formula is C25H44. The Morgan fingerprint density at radius 2 is 0.960 bits per heavy atom. The van der Waals surface area contributed by atoms with E-state index >= 15 is 0 Å². The van der Waals surface area contributed by atoms with Crippen LogP contribution in [0.5, 0.6) is 0 Å². The summed E-state index contributed by atoms with van der Waals surface area (Å²) in [4.78, 5) is 0. The molecule has 5 saturated carbocycles. The second-order valence-electron chi connectivity index (χ2n) is 10.9. The zero-order valence-electron chi connectivity index (χ0n) is 17.3. The molecule has 0 heteroatoms. The van der Waals surface area contributed by atoms with Crippen LogP contribution in [0.4, 0.5) is 0 Å². The van der Waals surface area contributed by atoms with Gasteiger partial charge in [-0.25, -0.2) is 0 Å². The highest BCUT2D eigenvalue weighted by molar-refractivity contribution is 5.05. The molecule has 0 saturated heterocycles. The lowest BCUT2D eigenvalue weighted by Gasteiger charge is -2.60. The van der Waals surface area contributed by atoms with E-state index in [1.807, 2.05) is 0 Å². The van der Waals surface area contributed by atoms with Crippen LogP contribution in [0.2, 0.25) is 0 Å². The molecule has 0 aromatic heterocycles. The van der Waals surface area contributed by atoms with Gasteiger partial charge in [0, 0.05) is 0 Å². The molecule has 0 unspecified atom stereocenters. The van der Waals surface area contributed by atoms with Crippen LogP contribution in [0.25, 0.3) is 0 Å². The number of fused-ring (bicyclic) bond motifs is 3. The first kappa shape index (κ1) is 18.4. The minimum atomic E-state index is 0.805. The topological polar surface area (TPSA) is 0 Å². The zero-order valence-corrected chi connectivity index (χ0v) is 17.3. The van der Waals surface area contributed by atoms with Crippen molar-refractivity contribution in [3.8, 4) is 0 Å². The Morgan fingerprint density at radius 3 is 1.32 bits per heavy atom. The van der Waals surface area contributed by atoms with E-state index in [9.17, 15) is 0 Å². The van der Waals surface area contributed by atoms with Crippen molar-refractivity contribution in [1.82, 2.24) is 0 Å². The maximum atomic E-state index is 2.41. The number of rotatable bonds is 5. The lowest BCUT2D eigenvalue weighted by molar-refractivity contribution is -0.0958. The lowest BCUT2D eigenvalue weighted by Crippen LogP contribution is -2.49. The van der Waals surface area contributed by atoms with Crippen LogP contribution in [0.1, 0.15) is 123 Å². The van der Waals surface area contributed by atoms with Crippen LogP contribution in [0.3, 0.4) is 0 Å². The van der Waals surface area contributed by atoms with Gasteiger partial charge in [0.15, 0.2) is 0 Å². The predicted molar refractivity (Wildman–Crippen MR) is 109 cm³/mol. The summed E-state index contributed by atoms with van der Waals surface area (Å²) in [6, 6.07) is 0. The third-order valence-corrected chi connectivity index (χ3v) is 10.1. The van der Waals surface area contributed by atoms with E-state index in [0.717, 1.165) is 34.5 Å². The van der Waals surface area contributed by atoms with Crippen LogP contribution in [0.15, 0.2) is 0 Å². The maximum Gasteiger partial charge on any atom is -0.0269 e. The molecule has 5 fully saturated rings. The fraction of sp³-hybridized carbons (Fsp3) is 1.00. The third kappa shape index (κ3) is 3.45. The molecule has 5 aliphatic carbocycles. The Balaban J connectivity index is 1.33. The van der Waals surface area contributed by atoms with Crippen molar-refractivity contribution in [3.63, 3.8) is 0 Å². The molecule has 144 valence electrons. The Kier molecular flexibility index (Phi) is 5.55. The second kappa shape index (κ2) is 7.55. The maximum absolute atomic E-state index is 2.41. The summed E-state index contributed by atoms with van der Waals surface area (Å²) in [6.45, 7) is 4.79. The Morgan fingerprint density at radius 1 is 0.560 bits per heavy atom. The summed E-state index contributed by atoms with van der Waals surface area (Å²) in [5, 5.41) is 0. The molecule has 0 heterocycles. The second-order valence-corrected chi connectivity index (χ2v) is 10.9. The molecule has 0 N–H and O–H groups in total. The van der Waals surface area contributed by atoms with Gasteiger partial charge in [-0.05, 0) is 98.7 Å². The average Bonchev–Trinajstić information content (AvgIpc) is 2.70. The van der Waals surface area contributed by atoms with Gasteiger partial charge in [0.05, 0.1) is 0 Å². The van der Waals surface area contributed by atoms with Crippen LogP contribution in [-0.4, -0.2) is 0 Å². The molecule has 2 bridgehead atoms. The predicted octanol–water partition coefficient (Wildman–Crippen LogP) is 8.15. The first-order chi connectivity index (χ1) is 12.2. The number of hydrogen-bond acceptors (Lipinski definition) is 0. The molecule has 25 heavy (non-hydrogen) atoms. The Hall–Kier alpha value is 0. The Bertz CT molecular complexity index is 395. The first-order valence-electron chi connectivity index (χ1n) is 12.2. The minimum Gasteiger partial charge on any atom is -0.0654 e. The smallest absolute Gasteiger partial charge is 0.0269 e. The van der Waals surface area contributed by atoms with E-state index in [1.54, 1.807) is 89.9 Å². The van der Waals surface area contributed by atoms with Crippen molar-refractivity contribution in [1.29, 1.82) is 0 Å². The normalized spacial score (nSPS) is 47.8. The summed E-state index contributed by atoms with van der Waals surface area (Å²) in [6.07, 6.45) is 26.6. The highest BCUT2D eigenvalue weighted by Gasteiger charge is 2.54. The summed E-state index contributed by atoms with van der Waals surface area (Å²) in [7, 11) is 0. The van der Waals surface area contributed by atoms with E-state index in [1.165, 1.54) is 19.3 Å². The molecule has 0 spiro atoms. The molecule has 0 nitrogen and oxygen atoms in total. The van der Waals surface area contributed by atoms with Gasteiger partial charge in [0.25, 0.3) is 0 Å². The largest absolute Gasteiger partial charge is 0.0654 e. The highest BCUT2D eigenvalue weighted by atomic mass is 14.6. The average molecular weight is 345 g/mol. The highest BCUT2D eigenvalue weighted by Crippen LogP contribution is 2.66. The van der Waals surface area contributed by atoms with Crippen molar-refractivity contribution in [2.75, 3.05) is 0 Å². The molecule has 0 aromatic carbocycles. The zero-order chi connectivity index (χ0) is 17.3. The monoisotopic (exact) mass is 344 g/mol. The molecule has 0 radical (unpaired) electrons. The van der Waals surface area contributed by atoms with Crippen LogP contribution in [0, 0.1) is 34.5 Å². The van der Waals surface area contributed by atoms with Crippen molar-refractivity contribution >= 4 is 0 Å². The molecule has 0 amide bonds. The fourth-order valence-corrected chi connectivity index (χ4v) is 8.12. The molecule has 0 atom stereocenters. The van der Waals surface area contributed by atoms with Crippen molar-refractivity contribution in [2.45, 2.75) is 123 Å². The molecular weight excluding hydrogens is 300 g/mol. The van der Waals surface area contributed by atoms with E-state index in [2.05, 4.69) is 13.8 Å².